The molecule has 2 rings (SSSR count). The number of benzene rings is 1. The second-order valence-corrected chi connectivity index (χ2v) is 7.37. The number of sulfone groups is 1. The number of esters is 1. The van der Waals surface area contributed by atoms with Crippen molar-refractivity contribution in [2.75, 3.05) is 18.2 Å². The fourth-order valence-electron chi connectivity index (χ4n) is 1.60. The molecule has 0 fully saturated rings. The first-order valence-corrected chi connectivity index (χ1v) is 8.94. The van der Waals surface area contributed by atoms with Crippen molar-refractivity contribution in [3.63, 3.8) is 0 Å². The third kappa shape index (κ3) is 4.40. The number of thiophene rings is 1. The van der Waals surface area contributed by atoms with E-state index in [1.807, 2.05) is 0 Å². The highest BCUT2D eigenvalue weighted by atomic mass is 32.2. The van der Waals surface area contributed by atoms with Crippen molar-refractivity contribution in [2.45, 2.75) is 4.90 Å². The monoisotopic (exact) mass is 339 g/mol. The molecular weight excluding hydrogens is 326 g/mol. The summed E-state index contributed by atoms with van der Waals surface area (Å²) in [6, 6.07) is 9.14. The van der Waals surface area contributed by atoms with Gasteiger partial charge in [-0.2, -0.15) is 0 Å². The summed E-state index contributed by atoms with van der Waals surface area (Å²) in [5, 5.41) is 4.21. The molecule has 0 radical (unpaired) electrons. The van der Waals surface area contributed by atoms with E-state index in [9.17, 15) is 18.0 Å². The molecule has 6 nitrogen and oxygen atoms in total. The van der Waals surface area contributed by atoms with Gasteiger partial charge in [0.25, 0.3) is 5.91 Å². The molecule has 0 atom stereocenters. The van der Waals surface area contributed by atoms with Crippen molar-refractivity contribution in [2.24, 2.45) is 0 Å². The van der Waals surface area contributed by atoms with Gasteiger partial charge >= 0.3 is 5.97 Å². The second kappa shape index (κ2) is 6.71. The van der Waals surface area contributed by atoms with E-state index in [4.69, 9.17) is 4.74 Å². The molecule has 22 heavy (non-hydrogen) atoms. The third-order valence-electron chi connectivity index (χ3n) is 2.60. The number of anilines is 1. The Kier molecular flexibility index (Phi) is 4.94. The van der Waals surface area contributed by atoms with Crippen LogP contribution in [0.5, 0.6) is 0 Å². The highest BCUT2D eigenvalue weighted by molar-refractivity contribution is 7.90. The van der Waals surface area contributed by atoms with Crippen LogP contribution in [0.1, 0.15) is 9.67 Å². The molecule has 1 aromatic heterocycles. The molecule has 1 aromatic carbocycles. The second-order valence-electron chi connectivity index (χ2n) is 4.40. The van der Waals surface area contributed by atoms with Gasteiger partial charge < -0.3 is 10.1 Å². The van der Waals surface area contributed by atoms with Crippen LogP contribution in [-0.4, -0.2) is 33.2 Å². The SMILES string of the molecule is CS(=O)(=O)c1cccc(NC(=O)COC(=O)c2cccs2)c1. The summed E-state index contributed by atoms with van der Waals surface area (Å²) in [5.74, 6) is -1.12. The minimum atomic E-state index is -3.35. The number of hydrogen-bond acceptors (Lipinski definition) is 6. The number of nitrogens with one attached hydrogen (secondary N) is 1. The van der Waals surface area contributed by atoms with Gasteiger partial charge in [-0.3, -0.25) is 4.79 Å². The topological polar surface area (TPSA) is 89.5 Å². The molecule has 8 heteroatoms. The maximum atomic E-state index is 11.7. The Morgan fingerprint density at radius 2 is 2.00 bits per heavy atom. The molecule has 0 unspecified atom stereocenters. The lowest BCUT2D eigenvalue weighted by Gasteiger charge is -2.07. The van der Waals surface area contributed by atoms with E-state index >= 15 is 0 Å². The van der Waals surface area contributed by atoms with Crippen molar-refractivity contribution in [3.05, 3.63) is 46.7 Å². The van der Waals surface area contributed by atoms with E-state index in [-0.39, 0.29) is 4.90 Å². The van der Waals surface area contributed by atoms with Crippen LogP contribution in [0, 0.1) is 0 Å². The normalized spacial score (nSPS) is 11.0. The lowest BCUT2D eigenvalue weighted by molar-refractivity contribution is -0.119. The van der Waals surface area contributed by atoms with Gasteiger partial charge in [0.05, 0.1) is 4.90 Å². The molecule has 2 aromatic rings. The molecule has 0 saturated carbocycles. The van der Waals surface area contributed by atoms with E-state index in [1.54, 1.807) is 23.6 Å². The molecule has 1 heterocycles. The van der Waals surface area contributed by atoms with Gasteiger partial charge in [0.1, 0.15) is 4.88 Å². The predicted octanol–water partition coefficient (Wildman–Crippen LogP) is 1.95. The van der Waals surface area contributed by atoms with Crippen molar-refractivity contribution in [1.82, 2.24) is 0 Å². The van der Waals surface area contributed by atoms with E-state index in [0.717, 1.165) is 6.26 Å². The maximum absolute atomic E-state index is 11.7. The minimum absolute atomic E-state index is 0.0980. The highest BCUT2D eigenvalue weighted by Crippen LogP contribution is 2.15. The van der Waals surface area contributed by atoms with Crippen LogP contribution in [0.2, 0.25) is 0 Å². The molecule has 0 bridgehead atoms. The van der Waals surface area contributed by atoms with Gasteiger partial charge in [0, 0.05) is 11.9 Å². The Bertz CT molecular complexity index is 781. The number of ether oxygens (including phenoxy) is 1. The summed E-state index contributed by atoms with van der Waals surface area (Å²) < 4.78 is 27.7. The van der Waals surface area contributed by atoms with Gasteiger partial charge in [-0.15, -0.1) is 11.3 Å². The van der Waals surface area contributed by atoms with Crippen LogP contribution in [0.15, 0.2) is 46.7 Å². The Labute approximate surface area is 131 Å². The zero-order valence-corrected chi connectivity index (χ0v) is 13.2. The maximum Gasteiger partial charge on any atom is 0.348 e. The largest absolute Gasteiger partial charge is 0.451 e. The van der Waals surface area contributed by atoms with Crippen LogP contribution in [0.4, 0.5) is 5.69 Å². The van der Waals surface area contributed by atoms with E-state index in [1.165, 1.54) is 29.5 Å². The third-order valence-corrected chi connectivity index (χ3v) is 4.56. The molecule has 116 valence electrons. The molecule has 1 amide bonds. The zero-order valence-electron chi connectivity index (χ0n) is 11.6. The molecule has 0 aliphatic heterocycles. The fraction of sp³-hybridized carbons (Fsp3) is 0.143. The fourth-order valence-corrected chi connectivity index (χ4v) is 2.88. The predicted molar refractivity (Wildman–Crippen MR) is 82.8 cm³/mol. The van der Waals surface area contributed by atoms with Gasteiger partial charge in [-0.05, 0) is 29.6 Å². The molecule has 0 saturated heterocycles. The Balaban J connectivity index is 1.94. The Hall–Kier alpha value is -2.19. The highest BCUT2D eigenvalue weighted by Gasteiger charge is 2.12. The smallest absolute Gasteiger partial charge is 0.348 e. The molecule has 0 aliphatic carbocycles. The van der Waals surface area contributed by atoms with E-state index in [0.29, 0.717) is 10.6 Å². The van der Waals surface area contributed by atoms with E-state index < -0.39 is 28.3 Å². The summed E-state index contributed by atoms with van der Waals surface area (Å²) in [6.07, 6.45) is 1.08. The molecular formula is C14H13NO5S2. The summed E-state index contributed by atoms with van der Waals surface area (Å²) in [6.45, 7) is -0.445. The van der Waals surface area contributed by atoms with Gasteiger partial charge in [0.2, 0.25) is 0 Å². The first-order valence-electron chi connectivity index (χ1n) is 6.17. The number of amides is 1. The lowest BCUT2D eigenvalue weighted by Crippen LogP contribution is -2.20. The van der Waals surface area contributed by atoms with Crippen LogP contribution >= 0.6 is 11.3 Å². The number of rotatable bonds is 5. The molecule has 0 aliphatic rings. The van der Waals surface area contributed by atoms with Gasteiger partial charge in [0.15, 0.2) is 16.4 Å². The summed E-state index contributed by atoms with van der Waals surface area (Å²) >= 11 is 1.22. The summed E-state index contributed by atoms with van der Waals surface area (Å²) in [5.41, 5.74) is 0.320. The lowest BCUT2D eigenvalue weighted by atomic mass is 10.3. The minimum Gasteiger partial charge on any atom is -0.451 e. The zero-order chi connectivity index (χ0) is 16.2. The Morgan fingerprint density at radius 3 is 2.64 bits per heavy atom. The average molecular weight is 339 g/mol. The first kappa shape index (κ1) is 16.2. The van der Waals surface area contributed by atoms with Crippen molar-refractivity contribution >= 4 is 38.7 Å². The van der Waals surface area contributed by atoms with Crippen molar-refractivity contribution in [3.8, 4) is 0 Å². The van der Waals surface area contributed by atoms with E-state index in [2.05, 4.69) is 5.32 Å². The summed E-state index contributed by atoms with van der Waals surface area (Å²) in [4.78, 5) is 23.8. The summed E-state index contributed by atoms with van der Waals surface area (Å²) in [7, 11) is -3.35. The van der Waals surface area contributed by atoms with Crippen molar-refractivity contribution < 1.29 is 22.7 Å². The first-order chi connectivity index (χ1) is 10.4. The van der Waals surface area contributed by atoms with Crippen molar-refractivity contribution in [1.29, 1.82) is 0 Å². The Morgan fingerprint density at radius 1 is 1.23 bits per heavy atom. The van der Waals surface area contributed by atoms with Crippen LogP contribution in [-0.2, 0) is 19.4 Å². The van der Waals surface area contributed by atoms with Crippen LogP contribution in [0.3, 0.4) is 0 Å². The van der Waals surface area contributed by atoms with Crippen LogP contribution < -0.4 is 5.32 Å². The van der Waals surface area contributed by atoms with Gasteiger partial charge in [-0.1, -0.05) is 12.1 Å². The van der Waals surface area contributed by atoms with Crippen LogP contribution in [0.25, 0.3) is 0 Å². The van der Waals surface area contributed by atoms with Gasteiger partial charge in [-0.25, -0.2) is 13.2 Å². The number of hydrogen-bond donors (Lipinski definition) is 1. The standard InChI is InChI=1S/C14H13NO5S2/c1-22(18,19)11-5-2-4-10(8-11)15-13(16)9-20-14(17)12-6-3-7-21-12/h2-8H,9H2,1H3,(H,15,16). The quantitative estimate of drug-likeness (QED) is 0.841. The number of carbonyl (C=O) groups excluding carboxylic acids is 2. The average Bonchev–Trinajstić information content (AvgIpc) is 2.98. The molecule has 1 N–H and O–H groups in total. The number of carbonyl (C=O) groups is 2. The molecule has 0 spiro atoms.